The second-order valence-electron chi connectivity index (χ2n) is 3.24. The molecule has 1 aromatic carbocycles. The molecule has 1 aromatic heterocycles. The molecule has 0 aliphatic heterocycles. The van der Waals surface area contributed by atoms with Crippen molar-refractivity contribution in [3.63, 3.8) is 0 Å². The number of carbonyl (C=O) groups excluding carboxylic acids is 1. The molecule has 0 bridgehead atoms. The summed E-state index contributed by atoms with van der Waals surface area (Å²) in [5, 5.41) is 0. The molecule has 2 rings (SSSR count). The lowest BCUT2D eigenvalue weighted by Crippen LogP contribution is -2.17. The molecule has 0 saturated carbocycles. The fraction of sp³-hybridized carbons (Fsp3) is 0.273. The van der Waals surface area contributed by atoms with Crippen molar-refractivity contribution < 1.29 is 9.53 Å². The van der Waals surface area contributed by atoms with Gasteiger partial charge in [0.15, 0.2) is 0 Å². The molecule has 1 radical (unpaired) electrons. The molecule has 2 aromatic rings. The van der Waals surface area contributed by atoms with E-state index in [1.54, 1.807) is 10.6 Å². The second-order valence-corrected chi connectivity index (χ2v) is 4.24. The summed E-state index contributed by atoms with van der Waals surface area (Å²) in [6, 6.07) is 8.49. The highest BCUT2D eigenvalue weighted by atomic mass is 32.1. The predicted molar refractivity (Wildman–Crippen MR) is 61.6 cm³/mol. The van der Waals surface area contributed by atoms with Gasteiger partial charge in [0.1, 0.15) is 6.61 Å². The minimum Gasteiger partial charge on any atom is -0.464 e. The largest absolute Gasteiger partial charge is 0.464 e. The Morgan fingerprint density at radius 3 is 3.19 bits per heavy atom. The zero-order valence-electron chi connectivity index (χ0n) is 8.73. The van der Waals surface area contributed by atoms with Crippen LogP contribution in [-0.2, 0) is 16.1 Å². The topological polar surface area (TPSA) is 48.3 Å². The van der Waals surface area contributed by atoms with Crippen LogP contribution in [0.5, 0.6) is 0 Å². The van der Waals surface area contributed by atoms with Crippen molar-refractivity contribution in [3.8, 4) is 0 Å². The van der Waals surface area contributed by atoms with E-state index in [4.69, 9.17) is 4.74 Å². The molecule has 5 heteroatoms. The maximum atomic E-state index is 11.6. The second kappa shape index (κ2) is 4.49. The van der Waals surface area contributed by atoms with E-state index in [1.807, 2.05) is 12.1 Å². The van der Waals surface area contributed by atoms with Crippen LogP contribution in [-0.4, -0.2) is 17.1 Å². The Hall–Kier alpha value is -1.62. The van der Waals surface area contributed by atoms with Gasteiger partial charge >= 0.3 is 10.8 Å². The summed E-state index contributed by atoms with van der Waals surface area (Å²) >= 11 is 1.17. The fourth-order valence-electron chi connectivity index (χ4n) is 1.43. The number of hydrogen-bond donors (Lipinski definition) is 0. The van der Waals surface area contributed by atoms with Crippen molar-refractivity contribution in [2.45, 2.75) is 13.5 Å². The number of ether oxygens (including phenoxy) is 1. The van der Waals surface area contributed by atoms with Crippen LogP contribution in [0.25, 0.3) is 10.2 Å². The van der Waals surface area contributed by atoms with Crippen LogP contribution >= 0.6 is 11.3 Å². The number of nitrogens with zero attached hydrogens (tertiary/aromatic N) is 1. The number of carbonyl (C=O) groups is 1. The van der Waals surface area contributed by atoms with Gasteiger partial charge in [-0.15, -0.1) is 0 Å². The van der Waals surface area contributed by atoms with Crippen LogP contribution in [0.4, 0.5) is 0 Å². The molecule has 1 heterocycles. The number of para-hydroxylation sites is 1. The molecule has 0 aliphatic rings. The molecule has 4 nitrogen and oxygen atoms in total. The van der Waals surface area contributed by atoms with Gasteiger partial charge in [0, 0.05) is 13.0 Å². The normalized spacial score (nSPS) is 10.6. The Bertz CT molecular complexity index is 570. The molecule has 0 aliphatic carbocycles. The molecule has 0 N–H and O–H groups in total. The number of hydrogen-bond acceptors (Lipinski definition) is 4. The minimum absolute atomic E-state index is 0.0513. The Morgan fingerprint density at radius 1 is 1.62 bits per heavy atom. The van der Waals surface area contributed by atoms with Gasteiger partial charge in [0.2, 0.25) is 0 Å². The Kier molecular flexibility index (Phi) is 3.05. The van der Waals surface area contributed by atoms with Crippen molar-refractivity contribution in [1.82, 2.24) is 4.57 Å². The molecule has 0 atom stereocenters. The standard InChI is InChI=1S/C11H10NO3S/c1-8(13)15-7-6-12-9-4-2-3-5-10(9)16-11(12)14/h2-3,5H,6-7H2,1H3. The number of benzene rings is 1. The van der Waals surface area contributed by atoms with Gasteiger partial charge in [-0.05, 0) is 6.07 Å². The average molecular weight is 236 g/mol. The Labute approximate surface area is 96.1 Å². The van der Waals surface area contributed by atoms with Crippen molar-refractivity contribution in [2.24, 2.45) is 0 Å². The summed E-state index contributed by atoms with van der Waals surface area (Å²) < 4.78 is 7.28. The smallest absolute Gasteiger partial charge is 0.308 e. The lowest BCUT2D eigenvalue weighted by Gasteiger charge is -2.03. The van der Waals surface area contributed by atoms with Crippen LogP contribution in [0.2, 0.25) is 0 Å². The van der Waals surface area contributed by atoms with E-state index < -0.39 is 0 Å². The van der Waals surface area contributed by atoms with Crippen molar-refractivity contribution in [2.75, 3.05) is 6.61 Å². The number of esters is 1. The first-order chi connectivity index (χ1) is 7.68. The third kappa shape index (κ3) is 2.14. The molecule has 83 valence electrons. The van der Waals surface area contributed by atoms with Gasteiger partial charge in [-0.3, -0.25) is 14.2 Å². The zero-order valence-corrected chi connectivity index (χ0v) is 9.54. The van der Waals surface area contributed by atoms with Crippen molar-refractivity contribution in [3.05, 3.63) is 33.9 Å². The third-order valence-electron chi connectivity index (χ3n) is 2.11. The summed E-state index contributed by atoms with van der Waals surface area (Å²) in [5.74, 6) is -0.337. The van der Waals surface area contributed by atoms with Gasteiger partial charge in [-0.2, -0.15) is 0 Å². The molecule has 0 unspecified atom stereocenters. The maximum absolute atomic E-state index is 11.6. The number of fused-ring (bicyclic) bond motifs is 1. The summed E-state index contributed by atoms with van der Waals surface area (Å²) in [6.07, 6.45) is 0. The first-order valence-electron chi connectivity index (χ1n) is 4.82. The third-order valence-corrected chi connectivity index (χ3v) is 3.05. The van der Waals surface area contributed by atoms with Gasteiger partial charge < -0.3 is 4.74 Å². The number of rotatable bonds is 3. The number of aromatic nitrogens is 1. The summed E-state index contributed by atoms with van der Waals surface area (Å²) in [6.45, 7) is 1.93. The van der Waals surface area contributed by atoms with Gasteiger partial charge in [0.05, 0.1) is 16.8 Å². The molecule has 0 saturated heterocycles. The fourth-order valence-corrected chi connectivity index (χ4v) is 2.32. The van der Waals surface area contributed by atoms with E-state index in [2.05, 4.69) is 6.07 Å². The molecule has 0 spiro atoms. The van der Waals surface area contributed by atoms with E-state index in [9.17, 15) is 9.59 Å². The highest BCUT2D eigenvalue weighted by Crippen LogP contribution is 2.15. The van der Waals surface area contributed by atoms with E-state index in [0.717, 1.165) is 10.2 Å². The van der Waals surface area contributed by atoms with Crippen LogP contribution in [0.15, 0.2) is 23.0 Å². The monoisotopic (exact) mass is 236 g/mol. The highest BCUT2D eigenvalue weighted by Gasteiger charge is 2.06. The Balaban J connectivity index is 2.26. The lowest BCUT2D eigenvalue weighted by molar-refractivity contribution is -0.141. The van der Waals surface area contributed by atoms with E-state index in [1.165, 1.54) is 18.3 Å². The average Bonchev–Trinajstić information content (AvgIpc) is 2.55. The predicted octanol–water partition coefficient (Wildman–Crippen LogP) is 1.43. The first kappa shape index (κ1) is 10.9. The number of thiazole rings is 1. The van der Waals surface area contributed by atoms with Gasteiger partial charge in [0.25, 0.3) is 0 Å². The summed E-state index contributed by atoms with van der Waals surface area (Å²) in [4.78, 5) is 22.2. The molecular formula is C11H10NO3S. The first-order valence-corrected chi connectivity index (χ1v) is 5.63. The maximum Gasteiger partial charge on any atom is 0.308 e. The van der Waals surface area contributed by atoms with Crippen LogP contribution in [0.1, 0.15) is 6.92 Å². The highest BCUT2D eigenvalue weighted by molar-refractivity contribution is 7.16. The van der Waals surface area contributed by atoms with Crippen LogP contribution in [0, 0.1) is 6.07 Å². The van der Waals surface area contributed by atoms with Crippen molar-refractivity contribution >= 4 is 27.5 Å². The lowest BCUT2D eigenvalue weighted by atomic mass is 10.3. The summed E-state index contributed by atoms with van der Waals surface area (Å²) in [7, 11) is 0. The van der Waals surface area contributed by atoms with Crippen LogP contribution < -0.4 is 4.87 Å². The van der Waals surface area contributed by atoms with Gasteiger partial charge in [-0.1, -0.05) is 23.5 Å². The van der Waals surface area contributed by atoms with Crippen molar-refractivity contribution in [1.29, 1.82) is 0 Å². The molecule has 0 fully saturated rings. The molecule has 16 heavy (non-hydrogen) atoms. The van der Waals surface area contributed by atoms with Crippen LogP contribution in [0.3, 0.4) is 0 Å². The molecule has 0 amide bonds. The van der Waals surface area contributed by atoms with E-state index in [0.29, 0.717) is 6.54 Å². The van der Waals surface area contributed by atoms with E-state index >= 15 is 0 Å². The van der Waals surface area contributed by atoms with Gasteiger partial charge in [-0.25, -0.2) is 0 Å². The quantitative estimate of drug-likeness (QED) is 0.757. The zero-order chi connectivity index (χ0) is 11.5. The SMILES string of the molecule is CC(=O)OCCn1c(=O)sc2ccc[c]c21. The summed E-state index contributed by atoms with van der Waals surface area (Å²) in [5.41, 5.74) is 0.768. The Morgan fingerprint density at radius 2 is 2.44 bits per heavy atom. The minimum atomic E-state index is -0.337. The molecular weight excluding hydrogens is 226 g/mol. The van der Waals surface area contributed by atoms with E-state index in [-0.39, 0.29) is 17.4 Å².